The molecule has 13 heavy (non-hydrogen) atoms. The van der Waals surface area contributed by atoms with E-state index in [0.29, 0.717) is 0 Å². The van der Waals surface area contributed by atoms with Gasteiger partial charge in [-0.05, 0) is 12.8 Å². The Bertz CT molecular complexity index is 178. The molecule has 0 saturated carbocycles. The normalized spacial score (nSPS) is 19.0. The third kappa shape index (κ3) is 4.06. The summed E-state index contributed by atoms with van der Waals surface area (Å²) in [6, 6.07) is 0. The van der Waals surface area contributed by atoms with E-state index in [0.717, 1.165) is 0 Å². The molecule has 0 saturated heterocycles. The number of rotatable bonds is 4. The Labute approximate surface area is 81.7 Å². The van der Waals surface area contributed by atoms with Gasteiger partial charge in [-0.15, -0.1) is 0 Å². The molecule has 0 radical (unpaired) electrons. The lowest BCUT2D eigenvalue weighted by Crippen LogP contribution is -2.40. The van der Waals surface area contributed by atoms with Crippen LogP contribution < -0.4 is 0 Å². The van der Waals surface area contributed by atoms with Gasteiger partial charge >= 0.3 is 5.97 Å². The van der Waals surface area contributed by atoms with E-state index in [1.165, 1.54) is 6.92 Å². The summed E-state index contributed by atoms with van der Waals surface area (Å²) in [6.07, 6.45) is 0. The fourth-order valence-electron chi connectivity index (χ4n) is 0.791. The first-order valence-corrected chi connectivity index (χ1v) is 5.42. The fourth-order valence-corrected chi connectivity index (χ4v) is 1.71. The van der Waals surface area contributed by atoms with Crippen LogP contribution in [0.3, 0.4) is 0 Å². The molecule has 0 fully saturated rings. The van der Waals surface area contributed by atoms with Gasteiger partial charge in [-0.2, -0.15) is 0 Å². The van der Waals surface area contributed by atoms with E-state index < -0.39 is 5.60 Å². The zero-order chi connectivity index (χ0) is 10.6. The Morgan fingerprint density at radius 3 is 2.23 bits per heavy atom. The Morgan fingerprint density at radius 1 is 1.46 bits per heavy atom. The van der Waals surface area contributed by atoms with E-state index in [-0.39, 0.29) is 26.4 Å². The van der Waals surface area contributed by atoms with Crippen molar-refractivity contribution in [3.05, 3.63) is 0 Å². The molecule has 4 heteroatoms. The Morgan fingerprint density at radius 2 is 1.92 bits per heavy atom. The van der Waals surface area contributed by atoms with Gasteiger partial charge in [0.05, 0.1) is 14.4 Å². The largest absolute Gasteiger partial charge is 0.448 e. The van der Waals surface area contributed by atoms with Crippen LogP contribution in [0.4, 0.5) is 0 Å². The predicted octanol–water partition coefficient (Wildman–Crippen LogP) is 1.94. The summed E-state index contributed by atoms with van der Waals surface area (Å²) in [5.74, 6) is -0.129. The second-order valence-electron chi connectivity index (χ2n) is 3.81. The van der Waals surface area contributed by atoms with Crippen molar-refractivity contribution in [2.24, 2.45) is 5.92 Å². The third-order valence-electron chi connectivity index (χ3n) is 2.42. The van der Waals surface area contributed by atoms with E-state index in [2.05, 4.69) is 0 Å². The molecular weight excluding hydrogens is 187 g/mol. The van der Waals surface area contributed by atoms with Gasteiger partial charge in [0.2, 0.25) is 0 Å². The average Bonchev–Trinajstić information content (AvgIpc) is 1.99. The second kappa shape index (κ2) is 4.92. The molecule has 0 aromatic heterocycles. The van der Waals surface area contributed by atoms with Crippen LogP contribution in [0, 0.1) is 5.92 Å². The summed E-state index contributed by atoms with van der Waals surface area (Å²) in [5, 5.41) is 9.99. The van der Waals surface area contributed by atoms with Gasteiger partial charge in [0, 0.05) is 12.6 Å². The zero-order valence-electron chi connectivity index (χ0n) is 8.92. The molecule has 0 spiro atoms. The summed E-state index contributed by atoms with van der Waals surface area (Å²) in [5.41, 5.74) is -0.787. The molecule has 3 unspecified atom stereocenters. The predicted molar refractivity (Wildman–Crippen MR) is 55.0 cm³/mol. The minimum atomic E-state index is -0.770. The van der Waals surface area contributed by atoms with Crippen molar-refractivity contribution in [1.29, 1.82) is 0 Å². The minimum absolute atomic E-state index is 0.0172. The molecule has 0 aliphatic heterocycles. The van der Waals surface area contributed by atoms with Crippen molar-refractivity contribution < 1.29 is 14.4 Å². The first kappa shape index (κ1) is 12.9. The number of hydrogen-bond acceptors (Lipinski definition) is 3. The maximum atomic E-state index is 10.5. The van der Waals surface area contributed by atoms with Crippen molar-refractivity contribution >= 4 is 14.8 Å². The molecule has 0 amide bonds. The van der Waals surface area contributed by atoms with Crippen molar-refractivity contribution in [3.8, 4) is 0 Å². The van der Waals surface area contributed by atoms with Gasteiger partial charge in [0.25, 0.3) is 0 Å². The highest BCUT2D eigenvalue weighted by Gasteiger charge is 2.32. The molecule has 3 nitrogen and oxygen atoms in total. The van der Waals surface area contributed by atoms with Gasteiger partial charge in [-0.3, -0.25) is 4.79 Å². The second-order valence-corrected chi connectivity index (χ2v) is 5.12. The Balaban J connectivity index is 4.09. The summed E-state index contributed by atoms with van der Waals surface area (Å²) in [4.78, 5) is 10.5. The van der Waals surface area contributed by atoms with Crippen molar-refractivity contribution in [3.63, 3.8) is 0 Å². The van der Waals surface area contributed by atoms with Crippen molar-refractivity contribution in [1.82, 2.24) is 0 Å². The highest BCUT2D eigenvalue weighted by Crippen LogP contribution is 2.34. The van der Waals surface area contributed by atoms with Crippen LogP contribution in [0.1, 0.15) is 34.6 Å². The average molecular weight is 206 g/mol. The molecule has 0 aliphatic rings. The molecule has 0 aliphatic carbocycles. The van der Waals surface area contributed by atoms with Gasteiger partial charge in [0.15, 0.2) is 0 Å². The quantitative estimate of drug-likeness (QED) is 0.715. The lowest BCUT2D eigenvalue weighted by molar-refractivity contribution is -0.131. The summed E-state index contributed by atoms with van der Waals surface area (Å²) in [7, 11) is 0.0310. The van der Waals surface area contributed by atoms with Crippen LogP contribution in [0.15, 0.2) is 0 Å². The molecule has 78 valence electrons. The highest BCUT2D eigenvalue weighted by atomic mass is 31.1. The number of aliphatic hydroxyl groups is 1. The SMILES string of the molecule is CC(=O)OPC(C)C(C)(O)C(C)C. The van der Waals surface area contributed by atoms with Crippen LogP contribution in [-0.4, -0.2) is 22.3 Å². The van der Waals surface area contributed by atoms with E-state index in [4.69, 9.17) is 4.52 Å². The van der Waals surface area contributed by atoms with Crippen LogP contribution in [0.2, 0.25) is 0 Å². The van der Waals surface area contributed by atoms with E-state index >= 15 is 0 Å². The standard InChI is InChI=1S/C9H19O3P/c1-6(2)9(5,11)7(3)13-12-8(4)10/h6-7,11,13H,1-5H3. The van der Waals surface area contributed by atoms with Crippen LogP contribution in [0.5, 0.6) is 0 Å². The number of hydrogen-bond donors (Lipinski definition) is 1. The number of carbonyl (C=O) groups is 1. The Kier molecular flexibility index (Phi) is 4.87. The smallest absolute Gasteiger partial charge is 0.305 e. The molecule has 0 aromatic carbocycles. The first-order chi connectivity index (χ1) is 5.78. The lowest BCUT2D eigenvalue weighted by Gasteiger charge is -2.33. The van der Waals surface area contributed by atoms with Crippen LogP contribution in [0.25, 0.3) is 0 Å². The topological polar surface area (TPSA) is 46.5 Å². The fraction of sp³-hybridized carbons (Fsp3) is 0.889. The monoisotopic (exact) mass is 206 g/mol. The molecule has 0 heterocycles. The lowest BCUT2D eigenvalue weighted by atomic mass is 9.90. The maximum Gasteiger partial charge on any atom is 0.305 e. The Hall–Kier alpha value is -0.140. The van der Waals surface area contributed by atoms with Gasteiger partial charge in [-0.1, -0.05) is 20.8 Å². The molecular formula is C9H19O3P. The van der Waals surface area contributed by atoms with Gasteiger partial charge in [-0.25, -0.2) is 0 Å². The van der Waals surface area contributed by atoms with Gasteiger partial charge < -0.3 is 9.63 Å². The van der Waals surface area contributed by atoms with E-state index in [9.17, 15) is 9.90 Å². The summed E-state index contributed by atoms with van der Waals surface area (Å²) >= 11 is 0. The first-order valence-electron chi connectivity index (χ1n) is 4.43. The molecule has 0 aromatic rings. The molecule has 3 atom stereocenters. The van der Waals surface area contributed by atoms with Crippen LogP contribution in [-0.2, 0) is 9.32 Å². The van der Waals surface area contributed by atoms with Crippen LogP contribution >= 0.6 is 8.81 Å². The highest BCUT2D eigenvalue weighted by molar-refractivity contribution is 7.34. The third-order valence-corrected chi connectivity index (χ3v) is 3.77. The van der Waals surface area contributed by atoms with Crippen molar-refractivity contribution in [2.45, 2.75) is 45.9 Å². The summed E-state index contributed by atoms with van der Waals surface area (Å²) in [6.45, 7) is 8.95. The molecule has 1 N–H and O–H groups in total. The van der Waals surface area contributed by atoms with E-state index in [1.807, 2.05) is 20.8 Å². The zero-order valence-corrected chi connectivity index (χ0v) is 9.92. The minimum Gasteiger partial charge on any atom is -0.448 e. The van der Waals surface area contributed by atoms with Crippen molar-refractivity contribution in [2.75, 3.05) is 0 Å². The molecule has 0 bridgehead atoms. The maximum absolute atomic E-state index is 10.5. The molecule has 0 rings (SSSR count). The van der Waals surface area contributed by atoms with E-state index in [1.54, 1.807) is 6.92 Å². The summed E-state index contributed by atoms with van der Waals surface area (Å²) < 4.78 is 4.87. The number of carbonyl (C=O) groups excluding carboxylic acids is 1. The van der Waals surface area contributed by atoms with Gasteiger partial charge in [0.1, 0.15) is 0 Å².